The Balaban J connectivity index is 1.46. The maximum atomic E-state index is 12.4. The van der Waals surface area contributed by atoms with Gasteiger partial charge in [-0.15, -0.1) is 0 Å². The Morgan fingerprint density at radius 3 is 2.62 bits per heavy atom. The molecule has 0 spiro atoms. The molecule has 1 N–H and O–H groups in total. The van der Waals surface area contributed by atoms with Crippen molar-refractivity contribution in [2.45, 2.75) is 63.7 Å². The van der Waals surface area contributed by atoms with Crippen LogP contribution in [0.2, 0.25) is 0 Å². The molecule has 0 bridgehead atoms. The maximum Gasteiger partial charge on any atom is 0.187 e. The molecule has 3 atom stereocenters. The topological polar surface area (TPSA) is 37.3 Å². The first-order chi connectivity index (χ1) is 13.8. The monoisotopic (exact) mass is 406 g/mol. The molecule has 5 rings (SSSR count). The van der Waals surface area contributed by atoms with Crippen LogP contribution in [0.3, 0.4) is 0 Å². The summed E-state index contributed by atoms with van der Waals surface area (Å²) >= 11 is -1.96. The third-order valence-electron chi connectivity index (χ3n) is 7.70. The minimum Gasteiger partial charge on any atom is -0.302 e. The number of hydrogen-bond donors (Lipinski definition) is 1. The molecule has 3 aliphatic carbocycles. The van der Waals surface area contributed by atoms with E-state index in [1.807, 2.05) is 0 Å². The van der Waals surface area contributed by atoms with E-state index in [0.29, 0.717) is 22.6 Å². The van der Waals surface area contributed by atoms with Gasteiger partial charge in [-0.1, -0.05) is 57.2 Å². The highest BCUT2D eigenvalue weighted by Gasteiger charge is 2.39. The van der Waals surface area contributed by atoms with Gasteiger partial charge in [-0.05, 0) is 89.0 Å². The summed E-state index contributed by atoms with van der Waals surface area (Å²) in [5.41, 5.74) is 6.56. The van der Waals surface area contributed by atoms with Crippen molar-refractivity contribution < 1.29 is 8.76 Å². The summed E-state index contributed by atoms with van der Waals surface area (Å²) in [5.74, 6) is 1.71. The Morgan fingerprint density at radius 1 is 1.24 bits per heavy atom. The van der Waals surface area contributed by atoms with Crippen LogP contribution in [-0.4, -0.2) is 8.76 Å². The van der Waals surface area contributed by atoms with Gasteiger partial charge in [-0.25, -0.2) is 4.21 Å². The van der Waals surface area contributed by atoms with Crippen LogP contribution < -0.4 is 0 Å². The lowest BCUT2D eigenvalue weighted by Crippen LogP contribution is -2.33. The molecule has 0 amide bonds. The Morgan fingerprint density at radius 2 is 2.00 bits per heavy atom. The largest absolute Gasteiger partial charge is 0.302 e. The summed E-state index contributed by atoms with van der Waals surface area (Å²) < 4.78 is 22.5. The second-order valence-electron chi connectivity index (χ2n) is 10.0. The highest BCUT2D eigenvalue weighted by atomic mass is 32.2. The van der Waals surface area contributed by atoms with Gasteiger partial charge in [-0.2, -0.15) is 0 Å². The van der Waals surface area contributed by atoms with E-state index < -0.39 is 11.1 Å². The SMILES string of the molecule is C=C(CC1Cc2cc3ccc(C4CC4)cc3c(S(=O)O)c2C1)C1=CC(C)C1(C)C. The van der Waals surface area contributed by atoms with E-state index in [9.17, 15) is 8.76 Å². The summed E-state index contributed by atoms with van der Waals surface area (Å²) in [5, 5.41) is 2.08. The number of benzene rings is 2. The van der Waals surface area contributed by atoms with Gasteiger partial charge in [0, 0.05) is 5.39 Å². The van der Waals surface area contributed by atoms with Crippen LogP contribution in [0, 0.1) is 17.3 Å². The number of hydrogen-bond acceptors (Lipinski definition) is 1. The number of allylic oxidation sites excluding steroid dienone is 3. The van der Waals surface area contributed by atoms with Crippen molar-refractivity contribution in [1.82, 2.24) is 0 Å². The first-order valence-electron chi connectivity index (χ1n) is 10.9. The minimum atomic E-state index is -1.96. The fourth-order valence-corrected chi connectivity index (χ4v) is 6.22. The highest BCUT2D eigenvalue weighted by molar-refractivity contribution is 7.79. The third kappa shape index (κ3) is 3.14. The van der Waals surface area contributed by atoms with E-state index in [2.05, 4.69) is 57.7 Å². The lowest BCUT2D eigenvalue weighted by Gasteiger charge is -2.43. The molecule has 1 saturated carbocycles. The molecule has 152 valence electrons. The van der Waals surface area contributed by atoms with Crippen molar-refractivity contribution in [3.8, 4) is 0 Å². The summed E-state index contributed by atoms with van der Waals surface area (Å²) in [6.45, 7) is 11.3. The standard InChI is InChI=1S/C26H30O2S/c1-15(24-10-16(2)26(24,3)4)9-17-11-21-13-20-8-7-19(18-5-6-18)14-23(20)25(29(27)28)22(21)12-17/h7-8,10,13-14,16-18H,1,5-6,9,11-12H2,2-4H3,(H,27,28). The summed E-state index contributed by atoms with van der Waals surface area (Å²) in [6.07, 6.45) is 7.65. The van der Waals surface area contributed by atoms with E-state index in [0.717, 1.165) is 35.6 Å². The summed E-state index contributed by atoms with van der Waals surface area (Å²) in [4.78, 5) is 0.657. The van der Waals surface area contributed by atoms with Crippen molar-refractivity contribution >= 4 is 21.9 Å². The van der Waals surface area contributed by atoms with E-state index >= 15 is 0 Å². The Hall–Kier alpha value is -1.71. The second kappa shape index (κ2) is 6.65. The molecule has 0 heterocycles. The average molecular weight is 407 g/mol. The highest BCUT2D eigenvalue weighted by Crippen LogP contribution is 2.50. The van der Waals surface area contributed by atoms with E-state index in [1.165, 1.54) is 35.1 Å². The van der Waals surface area contributed by atoms with Crippen LogP contribution >= 0.6 is 0 Å². The average Bonchev–Trinajstić information content (AvgIpc) is 3.44. The van der Waals surface area contributed by atoms with Crippen molar-refractivity contribution in [2.24, 2.45) is 17.3 Å². The molecule has 3 unspecified atom stereocenters. The molecule has 2 nitrogen and oxygen atoms in total. The van der Waals surface area contributed by atoms with Crippen molar-refractivity contribution in [3.05, 3.63) is 64.8 Å². The van der Waals surface area contributed by atoms with Gasteiger partial charge in [0.2, 0.25) is 0 Å². The van der Waals surface area contributed by atoms with Gasteiger partial charge < -0.3 is 4.55 Å². The van der Waals surface area contributed by atoms with Crippen molar-refractivity contribution in [2.75, 3.05) is 0 Å². The molecule has 0 saturated heterocycles. The van der Waals surface area contributed by atoms with E-state index in [4.69, 9.17) is 0 Å². The first kappa shape index (κ1) is 19.3. The van der Waals surface area contributed by atoms with Crippen LogP contribution in [0.15, 0.2) is 53.0 Å². The quantitative estimate of drug-likeness (QED) is 0.571. The van der Waals surface area contributed by atoms with Gasteiger partial charge in [0.1, 0.15) is 0 Å². The molecule has 0 aromatic heterocycles. The first-order valence-corrected chi connectivity index (χ1v) is 12.0. The predicted molar refractivity (Wildman–Crippen MR) is 121 cm³/mol. The fraction of sp³-hybridized carbons (Fsp3) is 0.462. The predicted octanol–water partition coefficient (Wildman–Crippen LogP) is 6.56. The van der Waals surface area contributed by atoms with Crippen LogP contribution in [0.25, 0.3) is 10.8 Å². The lowest BCUT2D eigenvalue weighted by molar-refractivity contribution is 0.291. The summed E-state index contributed by atoms with van der Waals surface area (Å²) in [7, 11) is 0. The Bertz CT molecular complexity index is 1090. The number of rotatable bonds is 5. The molecule has 3 heteroatoms. The molecule has 0 radical (unpaired) electrons. The zero-order valence-electron chi connectivity index (χ0n) is 17.6. The third-order valence-corrected chi connectivity index (χ3v) is 8.52. The Labute approximate surface area is 176 Å². The fourth-order valence-electron chi connectivity index (χ4n) is 5.43. The van der Waals surface area contributed by atoms with Gasteiger partial charge in [0.25, 0.3) is 0 Å². The zero-order valence-corrected chi connectivity index (χ0v) is 18.4. The molecule has 3 aliphatic rings. The van der Waals surface area contributed by atoms with Crippen LogP contribution in [-0.2, 0) is 23.9 Å². The van der Waals surface area contributed by atoms with E-state index in [1.54, 1.807) is 0 Å². The van der Waals surface area contributed by atoms with Crippen LogP contribution in [0.1, 0.15) is 62.6 Å². The van der Waals surface area contributed by atoms with Gasteiger partial charge in [0.05, 0.1) is 4.90 Å². The van der Waals surface area contributed by atoms with Crippen LogP contribution in [0.4, 0.5) is 0 Å². The molecule has 29 heavy (non-hydrogen) atoms. The molecule has 1 fully saturated rings. The van der Waals surface area contributed by atoms with Crippen molar-refractivity contribution in [1.29, 1.82) is 0 Å². The van der Waals surface area contributed by atoms with Crippen molar-refractivity contribution in [3.63, 3.8) is 0 Å². The number of fused-ring (bicyclic) bond motifs is 2. The molecule has 2 aromatic rings. The normalized spacial score (nSPS) is 26.0. The lowest BCUT2D eigenvalue weighted by atomic mass is 9.61. The van der Waals surface area contributed by atoms with Gasteiger partial charge in [0.15, 0.2) is 11.1 Å². The maximum absolute atomic E-state index is 12.4. The van der Waals surface area contributed by atoms with Gasteiger partial charge >= 0.3 is 0 Å². The molecule has 2 aromatic carbocycles. The van der Waals surface area contributed by atoms with E-state index in [-0.39, 0.29) is 5.41 Å². The second-order valence-corrected chi connectivity index (χ2v) is 10.9. The zero-order chi connectivity index (χ0) is 20.5. The smallest absolute Gasteiger partial charge is 0.187 e. The Kier molecular flexibility index (Phi) is 4.42. The molecule has 0 aliphatic heterocycles. The minimum absolute atomic E-state index is 0.216. The van der Waals surface area contributed by atoms with Gasteiger partial charge in [-0.3, -0.25) is 0 Å². The molecular formula is C26H30O2S. The molecular weight excluding hydrogens is 376 g/mol. The summed E-state index contributed by atoms with van der Waals surface area (Å²) in [6, 6.07) is 8.78. The van der Waals surface area contributed by atoms with Crippen LogP contribution in [0.5, 0.6) is 0 Å².